The quantitative estimate of drug-likeness (QED) is 0.666. The van der Waals surface area contributed by atoms with Crippen molar-refractivity contribution < 1.29 is 4.39 Å². The first-order chi connectivity index (χ1) is 8.16. The fraction of sp³-hybridized carbons (Fsp3) is 0.0769. The second kappa shape index (κ2) is 5.89. The zero-order valence-electron chi connectivity index (χ0n) is 8.79. The molecule has 0 nitrogen and oxygen atoms in total. The Morgan fingerprint density at radius 2 is 1.82 bits per heavy atom. The summed E-state index contributed by atoms with van der Waals surface area (Å²) < 4.78 is 14.5. The van der Waals surface area contributed by atoms with Crippen molar-refractivity contribution in [2.75, 3.05) is 0 Å². The fourth-order valence-corrected chi connectivity index (χ4v) is 2.86. The van der Waals surface area contributed by atoms with E-state index in [1.165, 1.54) is 6.07 Å². The van der Waals surface area contributed by atoms with E-state index in [1.807, 2.05) is 24.3 Å². The van der Waals surface area contributed by atoms with Gasteiger partial charge in [0.1, 0.15) is 5.82 Å². The molecule has 0 aliphatic rings. The maximum Gasteiger partial charge on any atom is 0.128 e. The lowest BCUT2D eigenvalue weighted by atomic mass is 10.2. The van der Waals surface area contributed by atoms with Crippen LogP contribution in [0.15, 0.2) is 51.8 Å². The summed E-state index contributed by atoms with van der Waals surface area (Å²) in [6.07, 6.45) is 0. The molecule has 2 rings (SSSR count). The van der Waals surface area contributed by atoms with Crippen molar-refractivity contribution in [3.63, 3.8) is 0 Å². The molecule has 0 fully saturated rings. The largest absolute Gasteiger partial charge is 0.207 e. The minimum absolute atomic E-state index is 0.248. The SMILES string of the molecule is Fc1cccc(Cl)c1CSc1ccc(Br)cc1. The summed E-state index contributed by atoms with van der Waals surface area (Å²) in [4.78, 5) is 1.09. The molecule has 2 aromatic carbocycles. The molecule has 0 spiro atoms. The minimum atomic E-state index is -0.248. The maximum atomic E-state index is 13.5. The van der Waals surface area contributed by atoms with Gasteiger partial charge in [0.25, 0.3) is 0 Å². The number of thioether (sulfide) groups is 1. The summed E-state index contributed by atoms with van der Waals surface area (Å²) in [7, 11) is 0. The average molecular weight is 332 g/mol. The molecule has 88 valence electrons. The fourth-order valence-electron chi connectivity index (χ4n) is 1.36. The Labute approximate surface area is 117 Å². The Balaban J connectivity index is 2.10. The van der Waals surface area contributed by atoms with E-state index in [0.29, 0.717) is 16.3 Å². The summed E-state index contributed by atoms with van der Waals surface area (Å²) in [6.45, 7) is 0. The smallest absolute Gasteiger partial charge is 0.128 e. The molecule has 0 aromatic heterocycles. The van der Waals surface area contributed by atoms with Gasteiger partial charge in [-0.1, -0.05) is 33.6 Å². The van der Waals surface area contributed by atoms with Gasteiger partial charge in [0.15, 0.2) is 0 Å². The molecule has 17 heavy (non-hydrogen) atoms. The Morgan fingerprint density at radius 1 is 1.12 bits per heavy atom. The lowest BCUT2D eigenvalue weighted by Gasteiger charge is -2.05. The molecule has 0 heterocycles. The Bertz CT molecular complexity index is 493. The van der Waals surface area contributed by atoms with Crippen LogP contribution < -0.4 is 0 Å². The van der Waals surface area contributed by atoms with E-state index in [2.05, 4.69) is 15.9 Å². The molecular weight excluding hydrogens is 323 g/mol. The van der Waals surface area contributed by atoms with Crippen molar-refractivity contribution >= 4 is 39.3 Å². The molecule has 0 saturated carbocycles. The van der Waals surface area contributed by atoms with Crippen molar-refractivity contribution in [1.82, 2.24) is 0 Å². The van der Waals surface area contributed by atoms with Crippen molar-refractivity contribution in [3.8, 4) is 0 Å². The Morgan fingerprint density at radius 3 is 2.47 bits per heavy atom. The van der Waals surface area contributed by atoms with E-state index in [9.17, 15) is 4.39 Å². The first-order valence-corrected chi connectivity index (χ1v) is 7.14. The third kappa shape index (κ3) is 3.47. The molecule has 0 aliphatic carbocycles. The van der Waals surface area contributed by atoms with Gasteiger partial charge in [0, 0.05) is 25.7 Å². The second-order valence-electron chi connectivity index (χ2n) is 3.44. The van der Waals surface area contributed by atoms with E-state index in [-0.39, 0.29) is 5.82 Å². The van der Waals surface area contributed by atoms with Crippen LogP contribution in [-0.4, -0.2) is 0 Å². The molecule has 0 aliphatic heterocycles. The lowest BCUT2D eigenvalue weighted by molar-refractivity contribution is 0.617. The van der Waals surface area contributed by atoms with E-state index >= 15 is 0 Å². The Hall–Kier alpha value is -0.510. The van der Waals surface area contributed by atoms with Crippen LogP contribution in [0.2, 0.25) is 5.02 Å². The molecule has 0 unspecified atom stereocenters. The summed E-state index contributed by atoms with van der Waals surface area (Å²) in [5.41, 5.74) is 0.557. The molecule has 4 heteroatoms. The molecule has 0 bridgehead atoms. The van der Waals surface area contributed by atoms with Crippen molar-refractivity contribution in [3.05, 3.63) is 63.3 Å². The van der Waals surface area contributed by atoms with Crippen LogP contribution in [0, 0.1) is 5.82 Å². The first kappa shape index (κ1) is 12.9. The number of rotatable bonds is 3. The third-order valence-corrected chi connectivity index (χ3v) is 4.18. The van der Waals surface area contributed by atoms with Crippen molar-refractivity contribution in [2.24, 2.45) is 0 Å². The predicted molar refractivity (Wildman–Crippen MR) is 75.1 cm³/mol. The van der Waals surface area contributed by atoms with Crippen LogP contribution in [0.3, 0.4) is 0 Å². The van der Waals surface area contributed by atoms with Gasteiger partial charge < -0.3 is 0 Å². The highest BCUT2D eigenvalue weighted by Crippen LogP contribution is 2.29. The van der Waals surface area contributed by atoms with Crippen LogP contribution in [0.4, 0.5) is 4.39 Å². The number of hydrogen-bond donors (Lipinski definition) is 0. The number of benzene rings is 2. The van der Waals surface area contributed by atoms with Crippen molar-refractivity contribution in [2.45, 2.75) is 10.6 Å². The van der Waals surface area contributed by atoms with Crippen LogP contribution in [-0.2, 0) is 5.75 Å². The molecule has 0 amide bonds. The minimum Gasteiger partial charge on any atom is -0.207 e. The third-order valence-electron chi connectivity index (χ3n) is 2.26. The van der Waals surface area contributed by atoms with Gasteiger partial charge in [-0.2, -0.15) is 0 Å². The monoisotopic (exact) mass is 330 g/mol. The van der Waals surface area contributed by atoms with Gasteiger partial charge in [-0.3, -0.25) is 0 Å². The van der Waals surface area contributed by atoms with Crippen LogP contribution >= 0.6 is 39.3 Å². The van der Waals surface area contributed by atoms with Gasteiger partial charge in [0.05, 0.1) is 0 Å². The lowest BCUT2D eigenvalue weighted by Crippen LogP contribution is -1.88. The first-order valence-electron chi connectivity index (χ1n) is 4.98. The normalized spacial score (nSPS) is 10.5. The molecule has 0 atom stereocenters. The molecule has 2 aromatic rings. The Kier molecular flexibility index (Phi) is 4.48. The topological polar surface area (TPSA) is 0 Å². The standard InChI is InChI=1S/C13H9BrClFS/c14-9-4-6-10(7-5-9)17-8-11-12(15)2-1-3-13(11)16/h1-7H,8H2. The highest BCUT2D eigenvalue weighted by molar-refractivity contribution is 9.10. The van der Waals surface area contributed by atoms with E-state index in [1.54, 1.807) is 23.9 Å². The summed E-state index contributed by atoms with van der Waals surface area (Å²) in [6, 6.07) is 12.7. The van der Waals surface area contributed by atoms with Crippen LogP contribution in [0.5, 0.6) is 0 Å². The predicted octanol–water partition coefficient (Wildman–Crippen LogP) is 5.53. The molecule has 0 saturated heterocycles. The highest BCUT2D eigenvalue weighted by Gasteiger charge is 2.07. The van der Waals surface area contributed by atoms with Crippen molar-refractivity contribution in [1.29, 1.82) is 0 Å². The summed E-state index contributed by atoms with van der Waals surface area (Å²) in [5.74, 6) is 0.287. The van der Waals surface area contributed by atoms with E-state index < -0.39 is 0 Å². The molecule has 0 N–H and O–H groups in total. The summed E-state index contributed by atoms with van der Waals surface area (Å²) >= 11 is 10.9. The molecular formula is C13H9BrClFS. The molecule has 0 radical (unpaired) electrons. The maximum absolute atomic E-state index is 13.5. The average Bonchev–Trinajstić information content (AvgIpc) is 2.31. The van der Waals surface area contributed by atoms with Gasteiger partial charge in [0.2, 0.25) is 0 Å². The summed E-state index contributed by atoms with van der Waals surface area (Å²) in [5, 5.41) is 0.481. The van der Waals surface area contributed by atoms with Gasteiger partial charge in [-0.25, -0.2) is 4.39 Å². The van der Waals surface area contributed by atoms with Crippen LogP contribution in [0.25, 0.3) is 0 Å². The van der Waals surface area contributed by atoms with Gasteiger partial charge in [-0.05, 0) is 36.4 Å². The highest BCUT2D eigenvalue weighted by atomic mass is 79.9. The zero-order valence-corrected chi connectivity index (χ0v) is 11.9. The van der Waals surface area contributed by atoms with E-state index in [0.717, 1.165) is 9.37 Å². The number of halogens is 3. The van der Waals surface area contributed by atoms with Gasteiger partial charge >= 0.3 is 0 Å². The van der Waals surface area contributed by atoms with E-state index in [4.69, 9.17) is 11.6 Å². The van der Waals surface area contributed by atoms with Gasteiger partial charge in [-0.15, -0.1) is 11.8 Å². The zero-order chi connectivity index (χ0) is 12.3. The van der Waals surface area contributed by atoms with Crippen LogP contribution in [0.1, 0.15) is 5.56 Å². The second-order valence-corrected chi connectivity index (χ2v) is 5.81. The number of hydrogen-bond acceptors (Lipinski definition) is 1.